The van der Waals surface area contributed by atoms with Crippen LogP contribution in [-0.2, 0) is 12.5 Å². The molecule has 0 radical (unpaired) electrons. The van der Waals surface area contributed by atoms with Crippen molar-refractivity contribution < 1.29 is 9.18 Å². The number of anilines is 3. The van der Waals surface area contributed by atoms with Crippen molar-refractivity contribution in [2.24, 2.45) is 7.05 Å². The predicted octanol–water partition coefficient (Wildman–Crippen LogP) is 5.05. The number of nitrogens with one attached hydrogen (secondary N) is 3. The lowest BCUT2D eigenvalue weighted by molar-refractivity contribution is 0.262. The molecule has 0 aliphatic carbocycles. The van der Waals surface area contributed by atoms with Crippen molar-refractivity contribution in [2.75, 3.05) is 43.1 Å². The van der Waals surface area contributed by atoms with Crippen LogP contribution in [0, 0.1) is 5.82 Å². The van der Waals surface area contributed by atoms with E-state index >= 15 is 0 Å². The predicted molar refractivity (Wildman–Crippen MR) is 155 cm³/mol. The number of urea groups is 1. The Bertz CT molecular complexity index is 1570. The Morgan fingerprint density at radius 2 is 1.85 bits per heavy atom. The van der Waals surface area contributed by atoms with Gasteiger partial charge in [0, 0.05) is 43.0 Å². The van der Waals surface area contributed by atoms with Crippen LogP contribution in [0.3, 0.4) is 0 Å². The summed E-state index contributed by atoms with van der Waals surface area (Å²) >= 11 is 0. The van der Waals surface area contributed by atoms with Crippen molar-refractivity contribution in [2.45, 2.75) is 26.2 Å². The van der Waals surface area contributed by atoms with Crippen LogP contribution in [0.2, 0.25) is 0 Å². The molecule has 3 N–H and O–H groups in total. The fourth-order valence-corrected chi connectivity index (χ4v) is 4.07. The van der Waals surface area contributed by atoms with E-state index in [-0.39, 0.29) is 16.7 Å². The minimum atomic E-state index is -0.619. The molecule has 2 heterocycles. The minimum absolute atomic E-state index is 0.0455. The van der Waals surface area contributed by atoms with Crippen LogP contribution in [0.4, 0.5) is 26.5 Å². The van der Waals surface area contributed by atoms with Gasteiger partial charge in [-0.1, -0.05) is 39.0 Å². The molecule has 0 spiro atoms. The van der Waals surface area contributed by atoms with Crippen LogP contribution >= 0.6 is 0 Å². The second-order valence-electron chi connectivity index (χ2n) is 10.7. The van der Waals surface area contributed by atoms with Gasteiger partial charge in [0.1, 0.15) is 11.5 Å². The van der Waals surface area contributed by atoms with Gasteiger partial charge in [0.25, 0.3) is 5.56 Å². The molecule has 0 bridgehead atoms. The highest BCUT2D eigenvalue weighted by Crippen LogP contribution is 2.27. The molecule has 0 saturated heterocycles. The third-order valence-corrected chi connectivity index (χ3v) is 6.30. The first-order chi connectivity index (χ1) is 18.4. The summed E-state index contributed by atoms with van der Waals surface area (Å²) in [7, 11) is 5.58. The molecule has 0 saturated carbocycles. The molecule has 9 nitrogen and oxygen atoms in total. The number of rotatable bonds is 7. The van der Waals surface area contributed by atoms with E-state index in [0.717, 1.165) is 12.1 Å². The number of carbonyl (C=O) groups is 1. The van der Waals surface area contributed by atoms with Gasteiger partial charge in [-0.25, -0.2) is 14.2 Å². The summed E-state index contributed by atoms with van der Waals surface area (Å²) in [6.45, 7) is 7.71. The maximum absolute atomic E-state index is 14.7. The lowest BCUT2D eigenvalue weighted by Gasteiger charge is -2.20. The van der Waals surface area contributed by atoms with Gasteiger partial charge in [-0.2, -0.15) is 4.98 Å². The van der Waals surface area contributed by atoms with E-state index in [1.807, 2.05) is 37.2 Å². The monoisotopic (exact) mass is 531 g/mol. The van der Waals surface area contributed by atoms with Crippen molar-refractivity contribution in [3.8, 4) is 11.1 Å². The molecule has 0 fully saturated rings. The quantitative estimate of drug-likeness (QED) is 0.308. The van der Waals surface area contributed by atoms with E-state index in [2.05, 4.69) is 46.7 Å². The third-order valence-electron chi connectivity index (χ3n) is 6.30. The molecule has 2 aromatic heterocycles. The molecule has 39 heavy (non-hydrogen) atoms. The Hall–Kier alpha value is -4.31. The van der Waals surface area contributed by atoms with Gasteiger partial charge in [-0.15, -0.1) is 0 Å². The molecule has 0 unspecified atom stereocenters. The van der Waals surface area contributed by atoms with Gasteiger partial charge in [-0.3, -0.25) is 9.36 Å². The summed E-state index contributed by atoms with van der Waals surface area (Å²) in [4.78, 5) is 36.8. The first-order valence-corrected chi connectivity index (χ1v) is 12.7. The number of benzene rings is 2. The van der Waals surface area contributed by atoms with Crippen LogP contribution in [0.5, 0.6) is 0 Å². The molecule has 0 atom stereocenters. The number of pyridine rings is 1. The summed E-state index contributed by atoms with van der Waals surface area (Å²) in [5.41, 5.74) is 2.48. The molecule has 2 aromatic carbocycles. The normalized spacial score (nSPS) is 11.6. The van der Waals surface area contributed by atoms with Crippen LogP contribution in [0.15, 0.2) is 59.5 Å². The Labute approximate surface area is 227 Å². The highest BCUT2D eigenvalue weighted by Gasteiger charge is 2.16. The number of aromatic nitrogens is 3. The van der Waals surface area contributed by atoms with Crippen LogP contribution in [-0.4, -0.2) is 52.7 Å². The number of fused-ring (bicyclic) bond motifs is 1. The van der Waals surface area contributed by atoms with Gasteiger partial charge in [0.2, 0.25) is 5.95 Å². The van der Waals surface area contributed by atoms with E-state index in [1.165, 1.54) is 22.8 Å². The summed E-state index contributed by atoms with van der Waals surface area (Å²) in [5.74, 6) is -0.189. The fourth-order valence-electron chi connectivity index (χ4n) is 4.07. The van der Waals surface area contributed by atoms with E-state index < -0.39 is 11.8 Å². The smallest absolute Gasteiger partial charge is 0.323 e. The fraction of sp³-hybridized carbons (Fsp3) is 0.310. The third kappa shape index (κ3) is 6.58. The van der Waals surface area contributed by atoms with E-state index in [0.29, 0.717) is 40.3 Å². The standard InChI is InChI=1S/C29H34FN7O2/c1-29(2,3)20-8-7-9-21(16-20)33-28(39)34-24-15-18(10-11-23(24)30)22-14-19-17-32-27(31-12-13-36(4)5)35-25(19)37(6)26(22)38/h7-11,14-17H,12-13H2,1-6H3,(H,31,32,35)(H2,33,34,39). The number of nitrogens with zero attached hydrogens (tertiary/aromatic N) is 4. The molecule has 2 amide bonds. The van der Waals surface area contributed by atoms with E-state index in [9.17, 15) is 14.0 Å². The average molecular weight is 532 g/mol. The maximum Gasteiger partial charge on any atom is 0.323 e. The summed E-state index contributed by atoms with van der Waals surface area (Å²) in [6.07, 6.45) is 1.64. The maximum atomic E-state index is 14.7. The number of hydrogen-bond donors (Lipinski definition) is 3. The van der Waals surface area contributed by atoms with Gasteiger partial charge >= 0.3 is 6.03 Å². The number of likely N-dealkylation sites (N-methyl/N-ethyl adjacent to an activating group) is 1. The molecule has 0 aliphatic rings. The van der Waals surface area contributed by atoms with Crippen molar-refractivity contribution in [1.29, 1.82) is 0 Å². The van der Waals surface area contributed by atoms with Gasteiger partial charge in [0.05, 0.1) is 5.69 Å². The number of carbonyl (C=O) groups excluding carboxylic acids is 1. The van der Waals surface area contributed by atoms with Gasteiger partial charge < -0.3 is 20.9 Å². The van der Waals surface area contributed by atoms with Crippen molar-refractivity contribution in [1.82, 2.24) is 19.4 Å². The number of aryl methyl sites for hydroxylation is 1. The van der Waals surface area contributed by atoms with E-state index in [4.69, 9.17) is 0 Å². The highest BCUT2D eigenvalue weighted by atomic mass is 19.1. The zero-order chi connectivity index (χ0) is 28.3. The molecule has 10 heteroatoms. The summed E-state index contributed by atoms with van der Waals surface area (Å²) in [5, 5.41) is 9.12. The van der Waals surface area contributed by atoms with Crippen molar-refractivity contribution in [3.05, 3.63) is 76.5 Å². The Balaban J connectivity index is 1.58. The number of hydrogen-bond acceptors (Lipinski definition) is 6. The van der Waals surface area contributed by atoms with Crippen molar-refractivity contribution in [3.63, 3.8) is 0 Å². The lowest BCUT2D eigenvalue weighted by Crippen LogP contribution is -2.23. The van der Waals surface area contributed by atoms with Gasteiger partial charge in [-0.05, 0) is 61.0 Å². The second-order valence-corrected chi connectivity index (χ2v) is 10.7. The van der Waals surface area contributed by atoms with Crippen LogP contribution in [0.1, 0.15) is 26.3 Å². The molecule has 0 aliphatic heterocycles. The van der Waals surface area contributed by atoms with Crippen molar-refractivity contribution >= 4 is 34.4 Å². The topological polar surface area (TPSA) is 104 Å². The Morgan fingerprint density at radius 1 is 1.08 bits per heavy atom. The van der Waals surface area contributed by atoms with Crippen LogP contribution in [0.25, 0.3) is 22.2 Å². The second kappa shape index (κ2) is 11.2. The molecule has 204 valence electrons. The van der Waals surface area contributed by atoms with E-state index in [1.54, 1.807) is 25.4 Å². The molecule has 4 aromatic rings. The largest absolute Gasteiger partial charge is 0.353 e. The number of halogens is 1. The SMILES string of the molecule is CN(C)CCNc1ncc2cc(-c3ccc(F)c(NC(=O)Nc4cccc(C(C)(C)C)c4)c3)c(=O)n(C)c2n1. The zero-order valence-electron chi connectivity index (χ0n) is 23.1. The Morgan fingerprint density at radius 3 is 2.56 bits per heavy atom. The molecule has 4 rings (SSSR count). The summed E-state index contributed by atoms with van der Waals surface area (Å²) in [6, 6.07) is 12.8. The van der Waals surface area contributed by atoms with Crippen LogP contribution < -0.4 is 21.5 Å². The zero-order valence-corrected chi connectivity index (χ0v) is 23.1. The minimum Gasteiger partial charge on any atom is -0.353 e. The Kier molecular flexibility index (Phi) is 7.96. The lowest BCUT2D eigenvalue weighted by atomic mass is 9.87. The number of amides is 2. The molecular weight excluding hydrogens is 497 g/mol. The summed E-state index contributed by atoms with van der Waals surface area (Å²) < 4.78 is 16.1. The first kappa shape index (κ1) is 27.7. The first-order valence-electron chi connectivity index (χ1n) is 12.7. The highest BCUT2D eigenvalue weighted by molar-refractivity contribution is 6.00. The molecular formula is C29H34FN7O2. The van der Waals surface area contributed by atoms with Gasteiger partial charge in [0.15, 0.2) is 0 Å². The average Bonchev–Trinajstić information content (AvgIpc) is 2.87.